The smallest absolute Gasteiger partial charge is 0.335 e. The van der Waals surface area contributed by atoms with Gasteiger partial charge in [-0.2, -0.15) is 0 Å². The molecule has 0 saturated heterocycles. The van der Waals surface area contributed by atoms with Crippen LogP contribution >= 0.6 is 11.8 Å². The van der Waals surface area contributed by atoms with E-state index in [0.29, 0.717) is 11.4 Å². The lowest BCUT2D eigenvalue weighted by molar-refractivity contribution is 0.0697. The highest BCUT2D eigenvalue weighted by Gasteiger charge is 2.08. The summed E-state index contributed by atoms with van der Waals surface area (Å²) in [6.07, 6.45) is 1.93. The van der Waals surface area contributed by atoms with Crippen LogP contribution in [0.15, 0.2) is 53.4 Å². The Kier molecular flexibility index (Phi) is 4.84. The molecule has 0 heterocycles. The van der Waals surface area contributed by atoms with Gasteiger partial charge < -0.3 is 15.7 Å². The maximum atomic E-state index is 12.0. The van der Waals surface area contributed by atoms with Crippen LogP contribution < -0.4 is 10.6 Å². The van der Waals surface area contributed by atoms with E-state index in [0.717, 1.165) is 4.90 Å². The molecule has 5 nitrogen and oxygen atoms in total. The number of hydrogen-bond acceptors (Lipinski definition) is 3. The predicted molar refractivity (Wildman–Crippen MR) is 84.3 cm³/mol. The van der Waals surface area contributed by atoms with Crippen molar-refractivity contribution in [1.29, 1.82) is 0 Å². The van der Waals surface area contributed by atoms with Crippen molar-refractivity contribution in [3.05, 3.63) is 54.1 Å². The molecule has 0 spiro atoms. The van der Waals surface area contributed by atoms with Crippen molar-refractivity contribution in [1.82, 2.24) is 0 Å². The first-order valence-corrected chi connectivity index (χ1v) is 7.37. The van der Waals surface area contributed by atoms with Gasteiger partial charge >= 0.3 is 12.0 Å². The van der Waals surface area contributed by atoms with Crippen LogP contribution in [0.5, 0.6) is 0 Å². The Labute approximate surface area is 126 Å². The Bertz CT molecular complexity index is 673. The number of thioether (sulfide) groups is 1. The van der Waals surface area contributed by atoms with Gasteiger partial charge in [0.25, 0.3) is 0 Å². The van der Waals surface area contributed by atoms with Crippen molar-refractivity contribution >= 4 is 35.1 Å². The first-order chi connectivity index (χ1) is 10.1. The molecule has 0 aliphatic heterocycles. The quantitative estimate of drug-likeness (QED) is 0.752. The lowest BCUT2D eigenvalue weighted by Crippen LogP contribution is -2.20. The number of carbonyl (C=O) groups is 2. The summed E-state index contributed by atoms with van der Waals surface area (Å²) in [4.78, 5) is 23.8. The number of rotatable bonds is 4. The third-order valence-electron chi connectivity index (χ3n) is 2.72. The van der Waals surface area contributed by atoms with Gasteiger partial charge in [-0.1, -0.05) is 18.2 Å². The van der Waals surface area contributed by atoms with Crippen LogP contribution in [0.25, 0.3) is 0 Å². The molecule has 2 rings (SSSR count). The Hall–Kier alpha value is -2.47. The molecule has 0 atom stereocenters. The normalized spacial score (nSPS) is 9.95. The van der Waals surface area contributed by atoms with Crippen LogP contribution in [0.4, 0.5) is 16.2 Å². The second-order valence-corrected chi connectivity index (χ2v) is 5.01. The van der Waals surface area contributed by atoms with Gasteiger partial charge in [-0.3, -0.25) is 0 Å². The Morgan fingerprint density at radius 1 is 1.05 bits per heavy atom. The Balaban J connectivity index is 2.08. The summed E-state index contributed by atoms with van der Waals surface area (Å²) >= 11 is 1.53. The van der Waals surface area contributed by atoms with Crippen molar-refractivity contribution < 1.29 is 14.7 Å². The summed E-state index contributed by atoms with van der Waals surface area (Å²) < 4.78 is 0. The molecule has 108 valence electrons. The molecule has 21 heavy (non-hydrogen) atoms. The Morgan fingerprint density at radius 2 is 1.81 bits per heavy atom. The zero-order chi connectivity index (χ0) is 15.2. The second-order valence-electron chi connectivity index (χ2n) is 4.17. The van der Waals surface area contributed by atoms with Crippen LogP contribution in [0.2, 0.25) is 0 Å². The summed E-state index contributed by atoms with van der Waals surface area (Å²) in [6.45, 7) is 0. The number of hydrogen-bond donors (Lipinski definition) is 3. The van der Waals surface area contributed by atoms with E-state index in [1.54, 1.807) is 18.2 Å². The molecule has 0 saturated carbocycles. The zero-order valence-electron chi connectivity index (χ0n) is 11.3. The fourth-order valence-electron chi connectivity index (χ4n) is 1.76. The van der Waals surface area contributed by atoms with E-state index < -0.39 is 12.0 Å². The fraction of sp³-hybridized carbons (Fsp3) is 0.0667. The van der Waals surface area contributed by atoms with E-state index in [-0.39, 0.29) is 5.56 Å². The van der Waals surface area contributed by atoms with Gasteiger partial charge in [0.2, 0.25) is 0 Å². The number of aromatic carboxylic acids is 1. The number of para-hydroxylation sites is 1. The number of benzene rings is 2. The number of urea groups is 1. The maximum absolute atomic E-state index is 12.0. The standard InChI is InChI=1S/C15H14N2O3S/c1-21-13-8-3-2-7-12(13)17-15(20)16-11-6-4-5-10(9-11)14(18)19/h2-9H,1H3,(H,18,19)(H2,16,17,20). The molecule has 0 aliphatic carbocycles. The molecule has 3 N–H and O–H groups in total. The van der Waals surface area contributed by atoms with E-state index in [9.17, 15) is 9.59 Å². The molecule has 6 heteroatoms. The molecular weight excluding hydrogens is 288 g/mol. The number of carboxylic acid groups (broad SMARTS) is 1. The summed E-state index contributed by atoms with van der Waals surface area (Å²) in [5.41, 5.74) is 1.25. The summed E-state index contributed by atoms with van der Waals surface area (Å²) in [7, 11) is 0. The summed E-state index contributed by atoms with van der Waals surface area (Å²) in [5.74, 6) is -1.04. The number of amides is 2. The minimum Gasteiger partial charge on any atom is -0.478 e. The SMILES string of the molecule is CSc1ccccc1NC(=O)Nc1cccc(C(=O)O)c1. The van der Waals surface area contributed by atoms with Crippen LogP contribution in [0.3, 0.4) is 0 Å². The monoisotopic (exact) mass is 302 g/mol. The van der Waals surface area contributed by atoms with Crippen molar-refractivity contribution in [2.45, 2.75) is 4.90 Å². The fourth-order valence-corrected chi connectivity index (χ4v) is 2.32. The van der Waals surface area contributed by atoms with Crippen molar-refractivity contribution in [3.8, 4) is 0 Å². The molecule has 2 amide bonds. The maximum Gasteiger partial charge on any atom is 0.335 e. The summed E-state index contributed by atoms with van der Waals surface area (Å²) in [6, 6.07) is 13.1. The molecule has 2 aromatic rings. The highest BCUT2D eigenvalue weighted by atomic mass is 32.2. The molecule has 0 unspecified atom stereocenters. The van der Waals surface area contributed by atoms with E-state index in [2.05, 4.69) is 10.6 Å². The van der Waals surface area contributed by atoms with Crippen molar-refractivity contribution in [2.75, 3.05) is 16.9 Å². The molecule has 0 aromatic heterocycles. The topological polar surface area (TPSA) is 78.4 Å². The average Bonchev–Trinajstić information content (AvgIpc) is 2.48. The minimum absolute atomic E-state index is 0.123. The molecule has 0 bridgehead atoms. The van der Waals surface area contributed by atoms with Gasteiger partial charge in [0.1, 0.15) is 0 Å². The molecular formula is C15H14N2O3S. The van der Waals surface area contributed by atoms with E-state index in [4.69, 9.17) is 5.11 Å². The number of carboxylic acids is 1. The highest BCUT2D eigenvalue weighted by molar-refractivity contribution is 7.98. The van der Waals surface area contributed by atoms with Crippen LogP contribution in [-0.4, -0.2) is 23.4 Å². The number of carbonyl (C=O) groups excluding carboxylic acids is 1. The van der Waals surface area contributed by atoms with Crippen LogP contribution in [-0.2, 0) is 0 Å². The summed E-state index contributed by atoms with van der Waals surface area (Å²) in [5, 5.41) is 14.3. The van der Waals surface area contributed by atoms with Gasteiger partial charge in [-0.25, -0.2) is 9.59 Å². The van der Waals surface area contributed by atoms with E-state index in [1.165, 1.54) is 23.9 Å². The lowest BCUT2D eigenvalue weighted by Gasteiger charge is -2.10. The second kappa shape index (κ2) is 6.81. The van der Waals surface area contributed by atoms with Gasteiger partial charge in [-0.15, -0.1) is 11.8 Å². The van der Waals surface area contributed by atoms with Gasteiger partial charge in [0.15, 0.2) is 0 Å². The van der Waals surface area contributed by atoms with E-state index in [1.807, 2.05) is 24.5 Å². The van der Waals surface area contributed by atoms with Crippen molar-refractivity contribution in [2.24, 2.45) is 0 Å². The highest BCUT2D eigenvalue weighted by Crippen LogP contribution is 2.24. The average molecular weight is 302 g/mol. The van der Waals surface area contributed by atoms with Crippen LogP contribution in [0, 0.1) is 0 Å². The number of anilines is 2. The minimum atomic E-state index is -1.04. The molecule has 2 aromatic carbocycles. The van der Waals surface area contributed by atoms with E-state index >= 15 is 0 Å². The van der Waals surface area contributed by atoms with Crippen molar-refractivity contribution in [3.63, 3.8) is 0 Å². The Morgan fingerprint density at radius 3 is 2.52 bits per heavy atom. The zero-order valence-corrected chi connectivity index (χ0v) is 12.1. The van der Waals surface area contributed by atoms with Gasteiger partial charge in [0, 0.05) is 10.6 Å². The van der Waals surface area contributed by atoms with Gasteiger partial charge in [0.05, 0.1) is 11.3 Å². The lowest BCUT2D eigenvalue weighted by atomic mass is 10.2. The van der Waals surface area contributed by atoms with Crippen LogP contribution in [0.1, 0.15) is 10.4 Å². The number of nitrogens with one attached hydrogen (secondary N) is 2. The molecule has 0 fully saturated rings. The first-order valence-electron chi connectivity index (χ1n) is 6.14. The first kappa shape index (κ1) is 14.9. The largest absolute Gasteiger partial charge is 0.478 e. The predicted octanol–water partition coefficient (Wildman–Crippen LogP) is 3.75. The third kappa shape index (κ3) is 4.00. The molecule has 0 radical (unpaired) electrons. The van der Waals surface area contributed by atoms with Gasteiger partial charge in [-0.05, 0) is 36.6 Å². The molecule has 0 aliphatic rings. The third-order valence-corrected chi connectivity index (χ3v) is 3.52.